The standard InChI is InChI=1S/C14H17BrFNO2/c15-9-6-7-11(16)10(8-9)14(19)17-12-4-2-1-3-5-13(12)18/h6-8,12-13,18H,1-5H2,(H,17,19). The van der Waals surface area contributed by atoms with Gasteiger partial charge in [-0.05, 0) is 31.0 Å². The Bertz CT molecular complexity index is 467. The third-order valence-electron chi connectivity index (χ3n) is 3.47. The quantitative estimate of drug-likeness (QED) is 0.819. The maximum atomic E-state index is 13.6. The summed E-state index contributed by atoms with van der Waals surface area (Å²) in [7, 11) is 0. The second-order valence-electron chi connectivity index (χ2n) is 4.91. The molecule has 0 aliphatic heterocycles. The number of nitrogens with one attached hydrogen (secondary N) is 1. The summed E-state index contributed by atoms with van der Waals surface area (Å²) in [6.07, 6.45) is 3.90. The third kappa shape index (κ3) is 3.76. The normalized spacial score (nSPS) is 23.7. The van der Waals surface area contributed by atoms with Crippen molar-refractivity contribution in [2.24, 2.45) is 0 Å². The van der Waals surface area contributed by atoms with Crippen molar-refractivity contribution in [3.63, 3.8) is 0 Å². The second-order valence-corrected chi connectivity index (χ2v) is 5.83. The van der Waals surface area contributed by atoms with Crippen LogP contribution in [0.15, 0.2) is 22.7 Å². The Labute approximate surface area is 120 Å². The molecule has 2 N–H and O–H groups in total. The lowest BCUT2D eigenvalue weighted by Gasteiger charge is -2.21. The van der Waals surface area contributed by atoms with E-state index in [0.29, 0.717) is 10.9 Å². The Morgan fingerprint density at radius 1 is 1.32 bits per heavy atom. The summed E-state index contributed by atoms with van der Waals surface area (Å²) in [5.74, 6) is -1.02. The Morgan fingerprint density at radius 2 is 2.05 bits per heavy atom. The smallest absolute Gasteiger partial charge is 0.254 e. The molecule has 0 spiro atoms. The lowest BCUT2D eigenvalue weighted by molar-refractivity contribution is 0.0815. The number of hydrogen-bond acceptors (Lipinski definition) is 2. The number of aliphatic hydroxyl groups is 1. The van der Waals surface area contributed by atoms with E-state index in [1.54, 1.807) is 6.07 Å². The van der Waals surface area contributed by atoms with Crippen molar-refractivity contribution in [1.82, 2.24) is 5.32 Å². The molecular weight excluding hydrogens is 313 g/mol. The molecule has 1 aromatic carbocycles. The van der Waals surface area contributed by atoms with E-state index in [1.165, 1.54) is 12.1 Å². The van der Waals surface area contributed by atoms with Crippen LogP contribution in [-0.4, -0.2) is 23.2 Å². The van der Waals surface area contributed by atoms with Crippen molar-refractivity contribution >= 4 is 21.8 Å². The van der Waals surface area contributed by atoms with E-state index in [4.69, 9.17) is 0 Å². The molecule has 0 radical (unpaired) electrons. The Hall–Kier alpha value is -0.940. The molecule has 0 saturated heterocycles. The highest BCUT2D eigenvalue weighted by Gasteiger charge is 2.24. The maximum absolute atomic E-state index is 13.6. The fraction of sp³-hybridized carbons (Fsp3) is 0.500. The summed E-state index contributed by atoms with van der Waals surface area (Å²) in [6.45, 7) is 0. The lowest BCUT2D eigenvalue weighted by atomic mass is 10.1. The third-order valence-corrected chi connectivity index (χ3v) is 3.96. The number of rotatable bonds is 2. The van der Waals surface area contributed by atoms with Gasteiger partial charge in [0.1, 0.15) is 5.82 Å². The number of carbonyl (C=O) groups excluding carboxylic acids is 1. The summed E-state index contributed by atoms with van der Waals surface area (Å²) in [4.78, 5) is 12.1. The van der Waals surface area contributed by atoms with Gasteiger partial charge in [0.2, 0.25) is 0 Å². The molecule has 2 unspecified atom stereocenters. The Morgan fingerprint density at radius 3 is 2.84 bits per heavy atom. The van der Waals surface area contributed by atoms with Crippen LogP contribution in [0.1, 0.15) is 42.5 Å². The molecule has 1 aliphatic rings. The van der Waals surface area contributed by atoms with Crippen LogP contribution in [0.2, 0.25) is 0 Å². The highest BCUT2D eigenvalue weighted by Crippen LogP contribution is 2.20. The molecule has 1 saturated carbocycles. The minimum atomic E-state index is -0.552. The van der Waals surface area contributed by atoms with Crippen molar-refractivity contribution in [3.8, 4) is 0 Å². The van der Waals surface area contributed by atoms with E-state index in [1.807, 2.05) is 0 Å². The zero-order valence-electron chi connectivity index (χ0n) is 10.5. The molecule has 1 amide bonds. The highest BCUT2D eigenvalue weighted by molar-refractivity contribution is 9.10. The highest BCUT2D eigenvalue weighted by atomic mass is 79.9. The van der Waals surface area contributed by atoms with Crippen molar-refractivity contribution in [1.29, 1.82) is 0 Å². The van der Waals surface area contributed by atoms with Gasteiger partial charge < -0.3 is 10.4 Å². The van der Waals surface area contributed by atoms with Crippen LogP contribution in [0.4, 0.5) is 4.39 Å². The average molecular weight is 330 g/mol. The van der Waals surface area contributed by atoms with Crippen LogP contribution in [0.25, 0.3) is 0 Å². The minimum absolute atomic E-state index is 0.00539. The summed E-state index contributed by atoms with van der Waals surface area (Å²) in [5.41, 5.74) is 0.00539. The average Bonchev–Trinajstić information content (AvgIpc) is 2.58. The fourth-order valence-corrected chi connectivity index (χ4v) is 2.74. The van der Waals surface area contributed by atoms with Crippen LogP contribution in [0.3, 0.4) is 0 Å². The number of halogens is 2. The molecular formula is C14H17BrFNO2. The van der Waals surface area contributed by atoms with E-state index in [0.717, 1.165) is 25.7 Å². The molecule has 1 aliphatic carbocycles. The zero-order valence-corrected chi connectivity index (χ0v) is 12.1. The van der Waals surface area contributed by atoms with Crippen molar-refractivity contribution < 1.29 is 14.3 Å². The molecule has 3 nitrogen and oxygen atoms in total. The topological polar surface area (TPSA) is 49.3 Å². The summed E-state index contributed by atoms with van der Waals surface area (Å²) in [5, 5.41) is 12.7. The first kappa shape index (κ1) is 14.5. The molecule has 5 heteroatoms. The van der Waals surface area contributed by atoms with Gasteiger partial charge in [0.25, 0.3) is 5.91 Å². The summed E-state index contributed by atoms with van der Waals surface area (Å²) in [6, 6.07) is 3.97. The summed E-state index contributed by atoms with van der Waals surface area (Å²) < 4.78 is 14.3. The van der Waals surface area contributed by atoms with Gasteiger partial charge in [-0.25, -0.2) is 4.39 Å². The van der Waals surface area contributed by atoms with Crippen LogP contribution in [0, 0.1) is 5.82 Å². The van der Waals surface area contributed by atoms with E-state index in [-0.39, 0.29) is 11.6 Å². The van der Waals surface area contributed by atoms with Crippen LogP contribution < -0.4 is 5.32 Å². The molecule has 2 rings (SSSR count). The number of hydrogen-bond donors (Lipinski definition) is 2. The maximum Gasteiger partial charge on any atom is 0.254 e. The number of amides is 1. The number of carbonyl (C=O) groups is 1. The number of aliphatic hydroxyl groups excluding tert-OH is 1. The second kappa shape index (κ2) is 6.48. The van der Waals surface area contributed by atoms with Gasteiger partial charge in [0.05, 0.1) is 17.7 Å². The van der Waals surface area contributed by atoms with Crippen molar-refractivity contribution in [2.45, 2.75) is 44.2 Å². The first-order valence-electron chi connectivity index (χ1n) is 6.52. The molecule has 1 aromatic rings. The van der Waals surface area contributed by atoms with E-state index < -0.39 is 17.8 Å². The first-order valence-corrected chi connectivity index (χ1v) is 7.31. The summed E-state index contributed by atoms with van der Waals surface area (Å²) >= 11 is 3.22. The van der Waals surface area contributed by atoms with Gasteiger partial charge in [-0.2, -0.15) is 0 Å². The van der Waals surface area contributed by atoms with Gasteiger partial charge in [0.15, 0.2) is 0 Å². The lowest BCUT2D eigenvalue weighted by Crippen LogP contribution is -2.42. The van der Waals surface area contributed by atoms with Gasteiger partial charge in [-0.1, -0.05) is 35.2 Å². The van der Waals surface area contributed by atoms with Crippen LogP contribution >= 0.6 is 15.9 Å². The molecule has 19 heavy (non-hydrogen) atoms. The van der Waals surface area contributed by atoms with Crippen molar-refractivity contribution in [3.05, 3.63) is 34.1 Å². The predicted molar refractivity (Wildman–Crippen MR) is 74.4 cm³/mol. The molecule has 0 bridgehead atoms. The number of benzene rings is 1. The van der Waals surface area contributed by atoms with Crippen LogP contribution in [-0.2, 0) is 0 Å². The van der Waals surface area contributed by atoms with Crippen molar-refractivity contribution in [2.75, 3.05) is 0 Å². The van der Waals surface area contributed by atoms with E-state index >= 15 is 0 Å². The largest absolute Gasteiger partial charge is 0.391 e. The SMILES string of the molecule is O=C(NC1CCCCCC1O)c1cc(Br)ccc1F. The van der Waals surface area contributed by atoms with Gasteiger partial charge in [0, 0.05) is 4.47 Å². The van der Waals surface area contributed by atoms with Gasteiger partial charge in [-0.3, -0.25) is 4.79 Å². The predicted octanol–water partition coefficient (Wildman–Crippen LogP) is 3.01. The Kier molecular flexibility index (Phi) is 4.93. The van der Waals surface area contributed by atoms with E-state index in [9.17, 15) is 14.3 Å². The zero-order chi connectivity index (χ0) is 13.8. The molecule has 0 heterocycles. The fourth-order valence-electron chi connectivity index (χ4n) is 2.37. The van der Waals surface area contributed by atoms with Gasteiger partial charge >= 0.3 is 0 Å². The Balaban J connectivity index is 2.09. The molecule has 1 fully saturated rings. The van der Waals surface area contributed by atoms with E-state index in [2.05, 4.69) is 21.2 Å². The van der Waals surface area contributed by atoms with Gasteiger partial charge in [-0.15, -0.1) is 0 Å². The molecule has 0 aromatic heterocycles. The minimum Gasteiger partial charge on any atom is -0.391 e. The molecule has 2 atom stereocenters. The monoisotopic (exact) mass is 329 g/mol. The van der Waals surface area contributed by atoms with Crippen LogP contribution in [0.5, 0.6) is 0 Å². The molecule has 104 valence electrons. The first-order chi connectivity index (χ1) is 9.08.